The third-order valence-electron chi connectivity index (χ3n) is 3.42. The smallest absolute Gasteiger partial charge is 0.255 e. The van der Waals surface area contributed by atoms with Crippen molar-refractivity contribution in [2.45, 2.75) is 25.8 Å². The molecule has 0 aromatic carbocycles. The number of amides is 1. The van der Waals surface area contributed by atoms with E-state index in [0.29, 0.717) is 18.0 Å². The third kappa shape index (κ3) is 2.64. The van der Waals surface area contributed by atoms with Crippen LogP contribution in [0.1, 0.15) is 30.1 Å². The summed E-state index contributed by atoms with van der Waals surface area (Å²) in [4.78, 5) is 18.2. The first kappa shape index (κ1) is 12.0. The van der Waals surface area contributed by atoms with Gasteiger partial charge in [0.05, 0.1) is 5.56 Å². The fourth-order valence-electron chi connectivity index (χ4n) is 2.40. The van der Waals surface area contributed by atoms with Gasteiger partial charge in [-0.1, -0.05) is 6.92 Å². The van der Waals surface area contributed by atoms with E-state index in [0.717, 1.165) is 19.4 Å². The summed E-state index contributed by atoms with van der Waals surface area (Å²) in [6.07, 6.45) is 5.36. The summed E-state index contributed by atoms with van der Waals surface area (Å²) in [5.74, 6) is 0.710. The lowest BCUT2D eigenvalue weighted by Gasteiger charge is -2.38. The fraction of sp³-hybridized carbons (Fsp3) is 0.538. The summed E-state index contributed by atoms with van der Waals surface area (Å²) in [6.45, 7) is 3.56. The molecule has 4 nitrogen and oxygen atoms in total. The fourth-order valence-corrected chi connectivity index (χ4v) is 2.40. The Morgan fingerprint density at radius 3 is 3.12 bits per heavy atom. The lowest BCUT2D eigenvalue weighted by Crippen LogP contribution is -2.49. The number of hydrogen-bond donors (Lipinski definition) is 1. The van der Waals surface area contributed by atoms with Crippen LogP contribution in [-0.2, 0) is 0 Å². The highest BCUT2D eigenvalue weighted by atomic mass is 16.2. The summed E-state index contributed by atoms with van der Waals surface area (Å²) in [6, 6.07) is 3.77. The van der Waals surface area contributed by atoms with Crippen molar-refractivity contribution in [3.8, 4) is 0 Å². The van der Waals surface area contributed by atoms with Crippen molar-refractivity contribution in [2.24, 2.45) is 11.7 Å². The lowest BCUT2D eigenvalue weighted by molar-refractivity contribution is 0.0573. The summed E-state index contributed by atoms with van der Waals surface area (Å²) >= 11 is 0. The number of hydrogen-bond acceptors (Lipinski definition) is 3. The van der Waals surface area contributed by atoms with E-state index in [9.17, 15) is 4.79 Å². The molecule has 0 spiro atoms. The normalized spacial score (nSPS) is 24.7. The van der Waals surface area contributed by atoms with E-state index in [1.807, 2.05) is 4.90 Å². The second-order valence-corrected chi connectivity index (χ2v) is 4.76. The van der Waals surface area contributed by atoms with Crippen molar-refractivity contribution in [3.05, 3.63) is 30.1 Å². The molecule has 1 aromatic rings. The Kier molecular flexibility index (Phi) is 3.74. The van der Waals surface area contributed by atoms with Crippen LogP contribution in [0.25, 0.3) is 0 Å². The van der Waals surface area contributed by atoms with E-state index in [2.05, 4.69) is 11.9 Å². The van der Waals surface area contributed by atoms with Gasteiger partial charge in [0.1, 0.15) is 0 Å². The summed E-state index contributed by atoms with van der Waals surface area (Å²) in [7, 11) is 0. The van der Waals surface area contributed by atoms with Gasteiger partial charge in [-0.3, -0.25) is 9.78 Å². The largest absolute Gasteiger partial charge is 0.334 e. The molecule has 4 heteroatoms. The van der Waals surface area contributed by atoms with Crippen molar-refractivity contribution >= 4 is 5.91 Å². The number of piperidine rings is 1. The number of nitrogens with zero attached hydrogens (tertiary/aromatic N) is 2. The van der Waals surface area contributed by atoms with Gasteiger partial charge in [-0.05, 0) is 30.9 Å². The number of pyridine rings is 1. The monoisotopic (exact) mass is 233 g/mol. The zero-order chi connectivity index (χ0) is 12.3. The van der Waals surface area contributed by atoms with Crippen molar-refractivity contribution in [3.63, 3.8) is 0 Å². The minimum absolute atomic E-state index is 0.0560. The first-order valence-corrected chi connectivity index (χ1v) is 6.13. The van der Waals surface area contributed by atoms with Crippen LogP contribution in [0.5, 0.6) is 0 Å². The molecule has 0 radical (unpaired) electrons. The van der Waals surface area contributed by atoms with Gasteiger partial charge in [0, 0.05) is 31.5 Å². The van der Waals surface area contributed by atoms with Gasteiger partial charge in [-0.2, -0.15) is 0 Å². The molecule has 2 atom stereocenters. The number of carbonyl (C=O) groups is 1. The molecule has 17 heavy (non-hydrogen) atoms. The van der Waals surface area contributed by atoms with Crippen molar-refractivity contribution in [1.82, 2.24) is 9.88 Å². The quantitative estimate of drug-likeness (QED) is 0.837. The summed E-state index contributed by atoms with van der Waals surface area (Å²) in [5.41, 5.74) is 6.42. The van der Waals surface area contributed by atoms with Gasteiger partial charge < -0.3 is 10.6 Å². The number of rotatable bonds is 2. The van der Waals surface area contributed by atoms with E-state index >= 15 is 0 Å². The van der Waals surface area contributed by atoms with Crippen LogP contribution in [0.3, 0.4) is 0 Å². The Labute approximate surface area is 102 Å². The highest BCUT2D eigenvalue weighted by Gasteiger charge is 2.29. The number of carbonyl (C=O) groups excluding carboxylic acids is 1. The molecule has 1 fully saturated rings. The summed E-state index contributed by atoms with van der Waals surface area (Å²) < 4.78 is 0. The molecule has 2 unspecified atom stereocenters. The molecule has 1 saturated heterocycles. The molecule has 1 aliphatic rings. The molecule has 0 saturated carbocycles. The van der Waals surface area contributed by atoms with Crippen molar-refractivity contribution in [1.29, 1.82) is 0 Å². The molecule has 92 valence electrons. The van der Waals surface area contributed by atoms with Crippen LogP contribution in [0, 0.1) is 5.92 Å². The second kappa shape index (κ2) is 5.27. The predicted octanol–water partition coefficient (Wildman–Crippen LogP) is 1.28. The van der Waals surface area contributed by atoms with Gasteiger partial charge in [0.25, 0.3) is 5.91 Å². The molecular weight excluding hydrogens is 214 g/mol. The minimum Gasteiger partial charge on any atom is -0.334 e. The zero-order valence-electron chi connectivity index (χ0n) is 10.2. The van der Waals surface area contributed by atoms with Gasteiger partial charge in [0.15, 0.2) is 0 Å². The van der Waals surface area contributed by atoms with Crippen LogP contribution < -0.4 is 5.73 Å². The second-order valence-electron chi connectivity index (χ2n) is 4.76. The molecule has 0 aliphatic carbocycles. The first-order valence-electron chi connectivity index (χ1n) is 6.13. The molecule has 1 aromatic heterocycles. The van der Waals surface area contributed by atoms with E-state index in [1.165, 1.54) is 0 Å². The third-order valence-corrected chi connectivity index (χ3v) is 3.42. The molecule has 1 aliphatic heterocycles. The number of aromatic nitrogens is 1. The topological polar surface area (TPSA) is 59.2 Å². The number of nitrogens with two attached hydrogens (primary N) is 1. The lowest BCUT2D eigenvalue weighted by atomic mass is 9.92. The van der Waals surface area contributed by atoms with Crippen molar-refractivity contribution in [2.75, 3.05) is 13.1 Å². The summed E-state index contributed by atoms with van der Waals surface area (Å²) in [5, 5.41) is 0. The zero-order valence-corrected chi connectivity index (χ0v) is 10.2. The predicted molar refractivity (Wildman–Crippen MR) is 66.5 cm³/mol. The van der Waals surface area contributed by atoms with Gasteiger partial charge in [0.2, 0.25) is 0 Å². The van der Waals surface area contributed by atoms with E-state index in [-0.39, 0.29) is 11.9 Å². The minimum atomic E-state index is 0.0560. The van der Waals surface area contributed by atoms with E-state index in [4.69, 9.17) is 5.73 Å². The van der Waals surface area contributed by atoms with Crippen LogP contribution in [0.4, 0.5) is 0 Å². The molecular formula is C13H19N3O. The SMILES string of the molecule is CC1CCN(C(=O)c2cccnc2)C(CN)C1. The van der Waals surface area contributed by atoms with Gasteiger partial charge in [-0.25, -0.2) is 0 Å². The van der Waals surface area contributed by atoms with Crippen LogP contribution in [0.2, 0.25) is 0 Å². The van der Waals surface area contributed by atoms with E-state index in [1.54, 1.807) is 24.5 Å². The Morgan fingerprint density at radius 2 is 2.47 bits per heavy atom. The van der Waals surface area contributed by atoms with Crippen molar-refractivity contribution < 1.29 is 4.79 Å². The van der Waals surface area contributed by atoms with Crippen LogP contribution >= 0.6 is 0 Å². The van der Waals surface area contributed by atoms with Gasteiger partial charge >= 0.3 is 0 Å². The average molecular weight is 233 g/mol. The first-order chi connectivity index (χ1) is 8.22. The standard InChI is InChI=1S/C13H19N3O/c1-10-4-6-16(12(7-10)8-14)13(17)11-3-2-5-15-9-11/h2-3,5,9-10,12H,4,6-8,14H2,1H3. The van der Waals surface area contributed by atoms with E-state index < -0.39 is 0 Å². The molecule has 1 amide bonds. The highest BCUT2D eigenvalue weighted by Crippen LogP contribution is 2.23. The Morgan fingerprint density at radius 1 is 1.65 bits per heavy atom. The number of likely N-dealkylation sites (tertiary alicyclic amines) is 1. The maximum absolute atomic E-state index is 12.3. The maximum atomic E-state index is 12.3. The molecule has 2 N–H and O–H groups in total. The maximum Gasteiger partial charge on any atom is 0.255 e. The molecule has 2 heterocycles. The Balaban J connectivity index is 2.13. The highest BCUT2D eigenvalue weighted by molar-refractivity contribution is 5.94. The van der Waals surface area contributed by atoms with Crippen LogP contribution in [0.15, 0.2) is 24.5 Å². The molecule has 0 bridgehead atoms. The van der Waals surface area contributed by atoms with Gasteiger partial charge in [-0.15, -0.1) is 0 Å². The van der Waals surface area contributed by atoms with Crippen LogP contribution in [-0.4, -0.2) is 34.9 Å². The average Bonchev–Trinajstić information content (AvgIpc) is 2.39. The Hall–Kier alpha value is -1.42. The Bertz CT molecular complexity index is 380. The molecule has 2 rings (SSSR count).